The highest BCUT2D eigenvalue weighted by molar-refractivity contribution is 6.03. The van der Waals surface area contributed by atoms with E-state index in [1.54, 1.807) is 42.3 Å². The minimum absolute atomic E-state index is 0.0335. The Hall–Kier alpha value is -2.77. The molecule has 25 heavy (non-hydrogen) atoms. The number of likely N-dealkylation sites (tertiary alicyclic amines) is 1. The second kappa shape index (κ2) is 7.00. The number of aromatic nitrogens is 2. The van der Waals surface area contributed by atoms with Crippen LogP contribution in [0.1, 0.15) is 17.5 Å². The molecule has 0 bridgehead atoms. The number of alkyl halides is 2. The average Bonchev–Trinajstić information content (AvgIpc) is 3.07. The lowest BCUT2D eigenvalue weighted by Crippen LogP contribution is -2.30. The van der Waals surface area contributed by atoms with Crippen LogP contribution in [0.25, 0.3) is 0 Å². The first-order valence-corrected chi connectivity index (χ1v) is 7.78. The molecule has 2 amide bonds. The van der Waals surface area contributed by atoms with Crippen molar-refractivity contribution in [2.24, 2.45) is 13.0 Å². The van der Waals surface area contributed by atoms with Gasteiger partial charge in [0.2, 0.25) is 11.8 Å². The van der Waals surface area contributed by atoms with Crippen LogP contribution in [0.4, 0.5) is 8.78 Å². The Labute approximate surface area is 143 Å². The number of rotatable bonds is 6. The van der Waals surface area contributed by atoms with Crippen LogP contribution in [0, 0.1) is 5.92 Å². The van der Waals surface area contributed by atoms with Crippen molar-refractivity contribution in [1.82, 2.24) is 14.7 Å². The number of hydrogen-bond donors (Lipinski definition) is 0. The molecule has 0 N–H and O–H groups in total. The Morgan fingerprint density at radius 3 is 2.76 bits per heavy atom. The molecule has 1 atom stereocenters. The zero-order valence-corrected chi connectivity index (χ0v) is 13.6. The lowest BCUT2D eigenvalue weighted by atomic mass is 10.0. The van der Waals surface area contributed by atoms with Gasteiger partial charge in [-0.2, -0.15) is 13.9 Å². The first-order chi connectivity index (χ1) is 11.9. The van der Waals surface area contributed by atoms with Crippen LogP contribution in [-0.2, 0) is 29.6 Å². The quantitative estimate of drug-likeness (QED) is 0.750. The summed E-state index contributed by atoms with van der Waals surface area (Å²) in [5, 5.41) is 4.05. The molecule has 1 saturated heterocycles. The molecule has 1 aromatic heterocycles. The molecule has 0 saturated carbocycles. The standard InChI is InChI=1S/C17H17F2N3O3/c1-21-9-11(8-20-21)6-13-7-15(23)22(16(13)24)10-12-4-2-3-5-14(12)25-17(18)19/h2-5,8-9,13,17H,6-7,10H2,1H3/t13-/m1/s1. The summed E-state index contributed by atoms with van der Waals surface area (Å²) in [7, 11) is 1.78. The molecule has 3 rings (SSSR count). The fourth-order valence-electron chi connectivity index (χ4n) is 2.95. The summed E-state index contributed by atoms with van der Waals surface area (Å²) >= 11 is 0. The van der Waals surface area contributed by atoms with E-state index >= 15 is 0 Å². The van der Waals surface area contributed by atoms with Gasteiger partial charge in [-0.05, 0) is 18.1 Å². The number of nitrogens with zero attached hydrogens (tertiary/aromatic N) is 3. The van der Waals surface area contributed by atoms with E-state index in [0.717, 1.165) is 10.5 Å². The van der Waals surface area contributed by atoms with Crippen molar-refractivity contribution in [3.63, 3.8) is 0 Å². The van der Waals surface area contributed by atoms with Gasteiger partial charge in [0.25, 0.3) is 0 Å². The third-order valence-corrected chi connectivity index (χ3v) is 4.09. The molecule has 0 radical (unpaired) electrons. The van der Waals surface area contributed by atoms with E-state index < -0.39 is 12.5 Å². The van der Waals surface area contributed by atoms with E-state index in [2.05, 4.69) is 9.84 Å². The molecule has 0 unspecified atom stereocenters. The minimum atomic E-state index is -2.97. The molecule has 1 aliphatic rings. The number of imide groups is 1. The van der Waals surface area contributed by atoms with Crippen molar-refractivity contribution in [3.05, 3.63) is 47.8 Å². The van der Waals surface area contributed by atoms with Crippen molar-refractivity contribution in [3.8, 4) is 5.75 Å². The third-order valence-electron chi connectivity index (χ3n) is 4.09. The maximum atomic E-state index is 12.6. The van der Waals surface area contributed by atoms with Gasteiger partial charge in [-0.25, -0.2) is 0 Å². The van der Waals surface area contributed by atoms with Crippen molar-refractivity contribution >= 4 is 11.8 Å². The predicted molar refractivity (Wildman–Crippen MR) is 83.7 cm³/mol. The summed E-state index contributed by atoms with van der Waals surface area (Å²) < 4.78 is 31.1. The zero-order valence-electron chi connectivity index (χ0n) is 13.6. The number of hydrogen-bond acceptors (Lipinski definition) is 4. The fraction of sp³-hybridized carbons (Fsp3) is 0.353. The van der Waals surface area contributed by atoms with Gasteiger partial charge >= 0.3 is 6.61 Å². The van der Waals surface area contributed by atoms with Gasteiger partial charge in [-0.3, -0.25) is 19.2 Å². The summed E-state index contributed by atoms with van der Waals surface area (Å²) in [5.41, 5.74) is 1.24. The molecular weight excluding hydrogens is 332 g/mol. The summed E-state index contributed by atoms with van der Waals surface area (Å²) in [6, 6.07) is 6.15. The highest BCUT2D eigenvalue weighted by Crippen LogP contribution is 2.28. The molecule has 0 spiro atoms. The van der Waals surface area contributed by atoms with Crippen molar-refractivity contribution in [2.45, 2.75) is 26.0 Å². The molecule has 1 aliphatic heterocycles. The van der Waals surface area contributed by atoms with E-state index in [9.17, 15) is 18.4 Å². The predicted octanol–water partition coefficient (Wildman–Crippen LogP) is 2.14. The van der Waals surface area contributed by atoms with Crippen molar-refractivity contribution in [1.29, 1.82) is 0 Å². The molecule has 2 heterocycles. The molecule has 0 aliphatic carbocycles. The van der Waals surface area contributed by atoms with Crippen LogP contribution in [-0.4, -0.2) is 33.1 Å². The number of ether oxygens (including phenoxy) is 1. The summed E-state index contributed by atoms with van der Waals surface area (Å²) in [4.78, 5) is 25.9. The first kappa shape index (κ1) is 17.1. The molecule has 8 heteroatoms. The van der Waals surface area contributed by atoms with Gasteiger partial charge in [0, 0.05) is 25.2 Å². The van der Waals surface area contributed by atoms with Gasteiger partial charge in [-0.1, -0.05) is 18.2 Å². The highest BCUT2D eigenvalue weighted by atomic mass is 19.3. The SMILES string of the molecule is Cn1cc(C[C@@H]2CC(=O)N(Cc3ccccc3OC(F)F)C2=O)cn1. The Balaban J connectivity index is 1.73. The molecule has 1 fully saturated rings. The van der Waals surface area contributed by atoms with Crippen LogP contribution >= 0.6 is 0 Å². The minimum Gasteiger partial charge on any atom is -0.434 e. The number of carbonyl (C=O) groups excluding carboxylic acids is 2. The first-order valence-electron chi connectivity index (χ1n) is 7.78. The molecule has 1 aromatic carbocycles. The van der Waals surface area contributed by atoms with Crippen molar-refractivity contribution in [2.75, 3.05) is 0 Å². The highest BCUT2D eigenvalue weighted by Gasteiger charge is 2.38. The second-order valence-electron chi connectivity index (χ2n) is 5.93. The second-order valence-corrected chi connectivity index (χ2v) is 5.93. The summed E-state index contributed by atoms with van der Waals surface area (Å²) in [6.07, 6.45) is 3.98. The number of aryl methyl sites for hydroxylation is 1. The van der Waals surface area contributed by atoms with Gasteiger partial charge in [0.1, 0.15) is 5.75 Å². The van der Waals surface area contributed by atoms with Crippen LogP contribution in [0.5, 0.6) is 5.75 Å². The van der Waals surface area contributed by atoms with E-state index in [4.69, 9.17) is 0 Å². The molecular formula is C17H17F2N3O3. The van der Waals surface area contributed by atoms with Crippen molar-refractivity contribution < 1.29 is 23.1 Å². The number of halogens is 2. The van der Waals surface area contributed by atoms with E-state index in [1.807, 2.05) is 0 Å². The Morgan fingerprint density at radius 1 is 1.32 bits per heavy atom. The zero-order chi connectivity index (χ0) is 18.0. The van der Waals surface area contributed by atoms with Crippen LogP contribution in [0.15, 0.2) is 36.7 Å². The average molecular weight is 349 g/mol. The number of para-hydroxylation sites is 1. The van der Waals surface area contributed by atoms with Gasteiger partial charge in [-0.15, -0.1) is 0 Å². The lowest BCUT2D eigenvalue weighted by molar-refractivity contribution is -0.140. The normalized spacial score (nSPS) is 17.6. The van der Waals surface area contributed by atoms with Gasteiger partial charge in [0.05, 0.1) is 18.7 Å². The van der Waals surface area contributed by atoms with Crippen LogP contribution in [0.3, 0.4) is 0 Å². The van der Waals surface area contributed by atoms with Gasteiger partial charge < -0.3 is 4.74 Å². The summed E-state index contributed by atoms with van der Waals surface area (Å²) in [5.74, 6) is -1.11. The third kappa shape index (κ3) is 3.84. The summed E-state index contributed by atoms with van der Waals surface area (Å²) in [6.45, 7) is -3.05. The Bertz CT molecular complexity index is 791. The Kier molecular flexibility index (Phi) is 4.78. The Morgan fingerprint density at radius 2 is 2.08 bits per heavy atom. The van der Waals surface area contributed by atoms with E-state index in [0.29, 0.717) is 12.0 Å². The number of benzene rings is 1. The number of amides is 2. The monoisotopic (exact) mass is 349 g/mol. The van der Waals surface area contributed by atoms with Gasteiger partial charge in [0.15, 0.2) is 0 Å². The van der Waals surface area contributed by atoms with E-state index in [-0.39, 0.29) is 30.5 Å². The van der Waals surface area contributed by atoms with E-state index in [1.165, 1.54) is 6.07 Å². The van der Waals surface area contributed by atoms with Crippen LogP contribution in [0.2, 0.25) is 0 Å². The molecule has 132 valence electrons. The topological polar surface area (TPSA) is 64.4 Å². The molecule has 6 nitrogen and oxygen atoms in total. The number of carbonyl (C=O) groups is 2. The maximum Gasteiger partial charge on any atom is 0.387 e. The smallest absolute Gasteiger partial charge is 0.387 e. The molecule has 2 aromatic rings. The van der Waals surface area contributed by atoms with Crippen LogP contribution < -0.4 is 4.74 Å². The fourth-order valence-corrected chi connectivity index (χ4v) is 2.95. The lowest BCUT2D eigenvalue weighted by Gasteiger charge is -2.17. The largest absolute Gasteiger partial charge is 0.434 e. The maximum absolute atomic E-state index is 12.6.